The number of hydrogen-bond acceptors (Lipinski definition) is 4. The van der Waals surface area contributed by atoms with Gasteiger partial charge in [0, 0.05) is 18.3 Å². The van der Waals surface area contributed by atoms with Gasteiger partial charge < -0.3 is 20.9 Å². The minimum Gasteiger partial charge on any atom is -0.481 e. The van der Waals surface area contributed by atoms with E-state index in [1.54, 1.807) is 6.92 Å². The lowest BCUT2D eigenvalue weighted by Gasteiger charge is -2.14. The van der Waals surface area contributed by atoms with Gasteiger partial charge in [-0.1, -0.05) is 0 Å². The van der Waals surface area contributed by atoms with Crippen molar-refractivity contribution in [3.63, 3.8) is 0 Å². The fourth-order valence-corrected chi connectivity index (χ4v) is 1.38. The van der Waals surface area contributed by atoms with E-state index >= 15 is 0 Å². The van der Waals surface area contributed by atoms with Crippen LogP contribution >= 0.6 is 0 Å². The molecule has 4 N–H and O–H groups in total. The Labute approximate surface area is 105 Å². The first kappa shape index (κ1) is 13.8. The highest BCUT2D eigenvalue weighted by molar-refractivity contribution is 5.93. The Morgan fingerprint density at radius 2 is 2.17 bits per heavy atom. The molecule has 0 heterocycles. The second-order valence-corrected chi connectivity index (χ2v) is 3.71. The number of carboxylic acids is 1. The molecule has 0 spiro atoms. The fraction of sp³-hybridized carbons (Fsp3) is 0.333. The van der Waals surface area contributed by atoms with Crippen LogP contribution in [0.25, 0.3) is 0 Å². The van der Waals surface area contributed by atoms with Gasteiger partial charge >= 0.3 is 5.97 Å². The number of aromatic carboxylic acids is 1. The molecule has 1 unspecified atom stereocenters. The Morgan fingerprint density at radius 1 is 1.50 bits per heavy atom. The van der Waals surface area contributed by atoms with Gasteiger partial charge in [-0.25, -0.2) is 4.79 Å². The molecule has 0 radical (unpaired) electrons. The highest BCUT2D eigenvalue weighted by atomic mass is 16.5. The van der Waals surface area contributed by atoms with Crippen molar-refractivity contribution in [1.82, 2.24) is 5.32 Å². The van der Waals surface area contributed by atoms with Gasteiger partial charge in [-0.05, 0) is 26.0 Å². The molecule has 0 saturated carbocycles. The van der Waals surface area contributed by atoms with Gasteiger partial charge in [-0.2, -0.15) is 0 Å². The van der Waals surface area contributed by atoms with Gasteiger partial charge in [-0.15, -0.1) is 0 Å². The van der Waals surface area contributed by atoms with Crippen LogP contribution in [0.15, 0.2) is 18.2 Å². The smallest absolute Gasteiger partial charge is 0.337 e. The van der Waals surface area contributed by atoms with Crippen LogP contribution in [0.2, 0.25) is 0 Å². The average molecular weight is 252 g/mol. The molecule has 18 heavy (non-hydrogen) atoms. The number of likely N-dealkylation sites (N-methyl/N-ethyl adjacent to an activating group) is 1. The minimum absolute atomic E-state index is 0.00742. The van der Waals surface area contributed by atoms with E-state index in [4.69, 9.17) is 15.6 Å². The maximum Gasteiger partial charge on any atom is 0.337 e. The molecule has 6 heteroatoms. The summed E-state index contributed by atoms with van der Waals surface area (Å²) < 4.78 is 5.36. The predicted octanol–water partition coefficient (Wildman–Crippen LogP) is 0.870. The number of hydrogen-bond donors (Lipinski definition) is 3. The molecule has 1 rings (SSSR count). The predicted molar refractivity (Wildman–Crippen MR) is 66.6 cm³/mol. The summed E-state index contributed by atoms with van der Waals surface area (Å²) in [5, 5.41) is 11.4. The topological polar surface area (TPSA) is 102 Å². The Kier molecular flexibility index (Phi) is 4.53. The van der Waals surface area contributed by atoms with E-state index in [0.29, 0.717) is 12.3 Å². The van der Waals surface area contributed by atoms with Crippen molar-refractivity contribution in [3.05, 3.63) is 23.8 Å². The molecular formula is C12H16N2O4. The number of ether oxygens (including phenoxy) is 1. The standard InChI is InChI=1S/C12H16N2O4/c1-3-14-11(15)7(2)18-8-4-5-9(12(16)17)10(13)6-8/h4-7H,3,13H2,1-2H3,(H,14,15)(H,16,17). The molecule has 0 aliphatic heterocycles. The maximum absolute atomic E-state index is 11.4. The first-order valence-corrected chi connectivity index (χ1v) is 5.53. The number of carbonyl (C=O) groups excluding carboxylic acids is 1. The average Bonchev–Trinajstić information content (AvgIpc) is 2.28. The van der Waals surface area contributed by atoms with Crippen molar-refractivity contribution in [2.75, 3.05) is 12.3 Å². The van der Waals surface area contributed by atoms with Crippen LogP contribution in [0.1, 0.15) is 24.2 Å². The summed E-state index contributed by atoms with van der Waals surface area (Å²) in [6.45, 7) is 3.93. The summed E-state index contributed by atoms with van der Waals surface area (Å²) in [6, 6.07) is 4.20. The van der Waals surface area contributed by atoms with Gasteiger partial charge in [-0.3, -0.25) is 4.79 Å². The third-order valence-electron chi connectivity index (χ3n) is 2.29. The molecular weight excluding hydrogens is 236 g/mol. The zero-order valence-electron chi connectivity index (χ0n) is 10.3. The van der Waals surface area contributed by atoms with Crippen LogP contribution in [-0.2, 0) is 4.79 Å². The summed E-state index contributed by atoms with van der Waals surface area (Å²) >= 11 is 0. The van der Waals surface area contributed by atoms with E-state index in [2.05, 4.69) is 5.32 Å². The number of carboxylic acid groups (broad SMARTS) is 1. The fourth-order valence-electron chi connectivity index (χ4n) is 1.38. The maximum atomic E-state index is 11.4. The minimum atomic E-state index is -1.10. The van der Waals surface area contributed by atoms with Gasteiger partial charge in [0.25, 0.3) is 5.91 Å². The van der Waals surface area contributed by atoms with Crippen molar-refractivity contribution in [3.8, 4) is 5.75 Å². The normalized spacial score (nSPS) is 11.7. The highest BCUT2D eigenvalue weighted by Gasteiger charge is 2.15. The van der Waals surface area contributed by atoms with Crippen molar-refractivity contribution in [2.24, 2.45) is 0 Å². The molecule has 0 aliphatic rings. The van der Waals surface area contributed by atoms with Crippen LogP contribution in [-0.4, -0.2) is 29.6 Å². The number of anilines is 1. The van der Waals surface area contributed by atoms with Crippen LogP contribution in [0.4, 0.5) is 5.69 Å². The summed E-state index contributed by atoms with van der Waals surface area (Å²) in [6.07, 6.45) is -0.667. The molecule has 0 bridgehead atoms. The third kappa shape index (κ3) is 3.38. The molecule has 98 valence electrons. The van der Waals surface area contributed by atoms with E-state index in [1.165, 1.54) is 18.2 Å². The SMILES string of the molecule is CCNC(=O)C(C)Oc1ccc(C(=O)O)c(N)c1. The number of nitrogens with two attached hydrogens (primary N) is 1. The van der Waals surface area contributed by atoms with Crippen LogP contribution < -0.4 is 15.8 Å². The quantitative estimate of drug-likeness (QED) is 0.675. The van der Waals surface area contributed by atoms with E-state index < -0.39 is 12.1 Å². The lowest BCUT2D eigenvalue weighted by Crippen LogP contribution is -2.36. The lowest BCUT2D eigenvalue weighted by molar-refractivity contribution is -0.127. The zero-order valence-corrected chi connectivity index (χ0v) is 10.3. The lowest BCUT2D eigenvalue weighted by atomic mass is 10.2. The Morgan fingerprint density at radius 3 is 2.67 bits per heavy atom. The Bertz CT molecular complexity index is 459. The zero-order chi connectivity index (χ0) is 13.7. The monoisotopic (exact) mass is 252 g/mol. The Balaban J connectivity index is 2.77. The van der Waals surface area contributed by atoms with E-state index in [0.717, 1.165) is 0 Å². The molecule has 6 nitrogen and oxygen atoms in total. The second-order valence-electron chi connectivity index (χ2n) is 3.71. The number of amides is 1. The molecule has 1 atom stereocenters. The summed E-state index contributed by atoms with van der Waals surface area (Å²) in [4.78, 5) is 22.2. The van der Waals surface area contributed by atoms with Crippen LogP contribution in [0, 0.1) is 0 Å². The highest BCUT2D eigenvalue weighted by Crippen LogP contribution is 2.20. The molecule has 0 aromatic heterocycles. The van der Waals surface area contributed by atoms with Crippen molar-refractivity contribution in [1.29, 1.82) is 0 Å². The van der Waals surface area contributed by atoms with E-state index in [1.807, 2.05) is 6.92 Å². The van der Waals surface area contributed by atoms with Gasteiger partial charge in [0.05, 0.1) is 5.56 Å². The van der Waals surface area contributed by atoms with Crippen LogP contribution in [0.3, 0.4) is 0 Å². The molecule has 1 aromatic carbocycles. The third-order valence-corrected chi connectivity index (χ3v) is 2.29. The molecule has 0 aliphatic carbocycles. The molecule has 1 amide bonds. The van der Waals surface area contributed by atoms with Crippen molar-refractivity contribution < 1.29 is 19.4 Å². The largest absolute Gasteiger partial charge is 0.481 e. The van der Waals surface area contributed by atoms with E-state index in [-0.39, 0.29) is 17.2 Å². The van der Waals surface area contributed by atoms with Gasteiger partial charge in [0.15, 0.2) is 6.10 Å². The number of nitrogen functional groups attached to an aromatic ring is 1. The summed E-state index contributed by atoms with van der Waals surface area (Å²) in [7, 11) is 0. The second kappa shape index (κ2) is 5.90. The van der Waals surface area contributed by atoms with Crippen molar-refractivity contribution in [2.45, 2.75) is 20.0 Å². The van der Waals surface area contributed by atoms with Crippen LogP contribution in [0.5, 0.6) is 5.75 Å². The van der Waals surface area contributed by atoms with Gasteiger partial charge in [0.2, 0.25) is 0 Å². The number of benzene rings is 1. The first-order valence-electron chi connectivity index (χ1n) is 5.53. The summed E-state index contributed by atoms with van der Waals surface area (Å²) in [5.41, 5.74) is 5.68. The van der Waals surface area contributed by atoms with Crippen molar-refractivity contribution >= 4 is 17.6 Å². The molecule has 0 saturated heterocycles. The molecule has 1 aromatic rings. The number of nitrogens with one attached hydrogen (secondary N) is 1. The van der Waals surface area contributed by atoms with Gasteiger partial charge in [0.1, 0.15) is 5.75 Å². The molecule has 0 fully saturated rings. The van der Waals surface area contributed by atoms with E-state index in [9.17, 15) is 9.59 Å². The number of rotatable bonds is 5. The summed E-state index contributed by atoms with van der Waals surface area (Å²) in [5.74, 6) is -0.981. The number of carbonyl (C=O) groups is 2. The Hall–Kier alpha value is -2.24. The first-order chi connectivity index (χ1) is 8.45.